The number of nitrogens with zero attached hydrogens (tertiary/aromatic N) is 3. The van der Waals surface area contributed by atoms with Crippen LogP contribution in [0.2, 0.25) is 0 Å². The van der Waals surface area contributed by atoms with E-state index in [0.717, 1.165) is 18.8 Å². The first-order valence-electron chi connectivity index (χ1n) is 6.92. The molecule has 1 unspecified atom stereocenters. The van der Waals surface area contributed by atoms with Crippen molar-refractivity contribution in [2.45, 2.75) is 69.1 Å². The van der Waals surface area contributed by atoms with E-state index < -0.39 is 0 Å². The van der Waals surface area contributed by atoms with Crippen LogP contribution in [0.3, 0.4) is 0 Å². The fourth-order valence-corrected chi connectivity index (χ4v) is 3.53. The molecule has 100 valence electrons. The minimum Gasteiger partial charge on any atom is -0.370 e. The van der Waals surface area contributed by atoms with Crippen molar-refractivity contribution in [2.24, 2.45) is 0 Å². The second kappa shape index (κ2) is 5.17. The van der Waals surface area contributed by atoms with Crippen LogP contribution in [0.25, 0.3) is 0 Å². The Kier molecular flexibility index (Phi) is 3.57. The maximum atomic E-state index is 6.33. The summed E-state index contributed by atoms with van der Waals surface area (Å²) in [5, 5.41) is 4.23. The minimum atomic E-state index is 0.185. The Hall–Kier alpha value is -0.610. The van der Waals surface area contributed by atoms with E-state index in [4.69, 9.17) is 16.3 Å². The highest BCUT2D eigenvalue weighted by atomic mass is 35.5. The molecule has 3 rings (SSSR count). The quantitative estimate of drug-likeness (QED) is 0.792. The van der Waals surface area contributed by atoms with Gasteiger partial charge in [-0.3, -0.25) is 0 Å². The predicted molar refractivity (Wildman–Crippen MR) is 69.5 cm³/mol. The third-order valence-electron chi connectivity index (χ3n) is 4.30. The van der Waals surface area contributed by atoms with Gasteiger partial charge in [0.1, 0.15) is 12.2 Å². The predicted octanol–water partition coefficient (Wildman–Crippen LogP) is 2.90. The first-order chi connectivity index (χ1) is 8.81. The normalized spacial score (nSPS) is 26.8. The lowest BCUT2D eigenvalue weighted by Crippen LogP contribution is -2.32. The molecule has 1 saturated heterocycles. The Morgan fingerprint density at radius 3 is 2.94 bits per heavy atom. The highest BCUT2D eigenvalue weighted by Gasteiger charge is 2.40. The van der Waals surface area contributed by atoms with Gasteiger partial charge in [-0.2, -0.15) is 5.10 Å². The molecular weight excluding hydrogens is 250 g/mol. The lowest BCUT2D eigenvalue weighted by atomic mass is 9.83. The molecule has 2 aliphatic rings. The van der Waals surface area contributed by atoms with Crippen LogP contribution in [0.4, 0.5) is 0 Å². The molecule has 0 amide bonds. The van der Waals surface area contributed by atoms with Gasteiger partial charge in [0.15, 0.2) is 0 Å². The molecule has 0 N–H and O–H groups in total. The molecule has 2 heterocycles. The summed E-state index contributed by atoms with van der Waals surface area (Å²) in [6, 6.07) is 0. The third kappa shape index (κ3) is 2.41. The zero-order valence-corrected chi connectivity index (χ0v) is 11.4. The van der Waals surface area contributed by atoms with E-state index in [1.165, 1.54) is 38.5 Å². The van der Waals surface area contributed by atoms with Gasteiger partial charge in [0, 0.05) is 0 Å². The molecule has 0 bridgehead atoms. The zero-order chi connectivity index (χ0) is 12.4. The summed E-state index contributed by atoms with van der Waals surface area (Å²) in [5.74, 6) is 1.25. The number of hydrogen-bond donors (Lipinski definition) is 0. The van der Waals surface area contributed by atoms with Crippen molar-refractivity contribution in [1.82, 2.24) is 14.8 Å². The average molecular weight is 270 g/mol. The first kappa shape index (κ1) is 12.4. The van der Waals surface area contributed by atoms with Crippen molar-refractivity contribution >= 4 is 11.6 Å². The van der Waals surface area contributed by atoms with Gasteiger partial charge in [-0.05, 0) is 25.7 Å². The molecule has 2 fully saturated rings. The Labute approximate surface area is 113 Å². The van der Waals surface area contributed by atoms with Gasteiger partial charge in [0.2, 0.25) is 0 Å². The molecular formula is C13H20ClN3O. The van der Waals surface area contributed by atoms with Crippen LogP contribution in [-0.4, -0.2) is 26.5 Å². The molecule has 1 aliphatic heterocycles. The molecule has 5 heteroatoms. The highest BCUT2D eigenvalue weighted by Crippen LogP contribution is 2.42. The smallest absolute Gasteiger partial charge is 0.141 e. The summed E-state index contributed by atoms with van der Waals surface area (Å²) < 4.78 is 8.22. The second-order valence-corrected chi connectivity index (χ2v) is 5.78. The zero-order valence-electron chi connectivity index (χ0n) is 10.6. The Bertz CT molecular complexity index is 401. The summed E-state index contributed by atoms with van der Waals surface area (Å²) in [5.41, 5.74) is 0.185. The van der Waals surface area contributed by atoms with Gasteiger partial charge in [0.05, 0.1) is 24.1 Å². The number of ether oxygens (including phenoxy) is 1. The SMILES string of the molecule is ClCc1ncnn1CC1CCC2(CCCCC2)O1. The van der Waals surface area contributed by atoms with E-state index in [9.17, 15) is 0 Å². The molecule has 1 saturated carbocycles. The fraction of sp³-hybridized carbons (Fsp3) is 0.846. The summed E-state index contributed by atoms with van der Waals surface area (Å²) >= 11 is 5.84. The monoisotopic (exact) mass is 269 g/mol. The van der Waals surface area contributed by atoms with Crippen LogP contribution in [0.1, 0.15) is 50.8 Å². The lowest BCUT2D eigenvalue weighted by molar-refractivity contribution is -0.0690. The molecule has 1 spiro atoms. The van der Waals surface area contributed by atoms with E-state index in [0.29, 0.717) is 5.88 Å². The van der Waals surface area contributed by atoms with Gasteiger partial charge in [0.25, 0.3) is 0 Å². The number of alkyl halides is 1. The molecule has 0 radical (unpaired) electrons. The van der Waals surface area contributed by atoms with Crippen LogP contribution in [-0.2, 0) is 17.2 Å². The van der Waals surface area contributed by atoms with Crippen molar-refractivity contribution in [1.29, 1.82) is 0 Å². The summed E-state index contributed by atoms with van der Waals surface area (Å²) in [6.45, 7) is 0.795. The molecule has 4 nitrogen and oxygen atoms in total. The molecule has 1 aromatic heterocycles. The standard InChI is InChI=1S/C13H20ClN3O/c14-8-12-15-10-16-17(12)9-11-4-7-13(18-11)5-2-1-3-6-13/h10-11H,1-9H2. The van der Waals surface area contributed by atoms with Crippen LogP contribution >= 0.6 is 11.6 Å². The van der Waals surface area contributed by atoms with E-state index >= 15 is 0 Å². The van der Waals surface area contributed by atoms with E-state index in [1.54, 1.807) is 6.33 Å². The van der Waals surface area contributed by atoms with Crippen LogP contribution in [0.15, 0.2) is 6.33 Å². The summed E-state index contributed by atoms with van der Waals surface area (Å²) in [7, 11) is 0. The maximum Gasteiger partial charge on any atom is 0.141 e. The van der Waals surface area contributed by atoms with Gasteiger partial charge in [-0.1, -0.05) is 19.3 Å². The van der Waals surface area contributed by atoms with Crippen LogP contribution in [0, 0.1) is 0 Å². The fourth-order valence-electron chi connectivity index (χ4n) is 3.32. The molecule has 1 aromatic rings. The number of aromatic nitrogens is 3. The molecule has 1 aliphatic carbocycles. The van der Waals surface area contributed by atoms with E-state index in [1.807, 2.05) is 4.68 Å². The number of halogens is 1. The Morgan fingerprint density at radius 2 is 2.17 bits per heavy atom. The Morgan fingerprint density at radius 1 is 1.33 bits per heavy atom. The topological polar surface area (TPSA) is 39.9 Å². The third-order valence-corrected chi connectivity index (χ3v) is 4.53. The van der Waals surface area contributed by atoms with Crippen molar-refractivity contribution in [3.8, 4) is 0 Å². The molecule has 0 aromatic carbocycles. The van der Waals surface area contributed by atoms with E-state index in [-0.39, 0.29) is 11.7 Å². The highest BCUT2D eigenvalue weighted by molar-refractivity contribution is 6.16. The lowest BCUT2D eigenvalue weighted by Gasteiger charge is -2.33. The first-order valence-corrected chi connectivity index (χ1v) is 7.45. The van der Waals surface area contributed by atoms with Crippen molar-refractivity contribution in [2.75, 3.05) is 0 Å². The van der Waals surface area contributed by atoms with Gasteiger partial charge >= 0.3 is 0 Å². The summed E-state index contributed by atoms with van der Waals surface area (Å²) in [4.78, 5) is 4.15. The minimum absolute atomic E-state index is 0.185. The van der Waals surface area contributed by atoms with Crippen LogP contribution in [0.5, 0.6) is 0 Å². The maximum absolute atomic E-state index is 6.33. The van der Waals surface area contributed by atoms with Gasteiger partial charge < -0.3 is 4.74 Å². The van der Waals surface area contributed by atoms with Gasteiger partial charge in [-0.25, -0.2) is 9.67 Å². The van der Waals surface area contributed by atoms with Crippen molar-refractivity contribution < 1.29 is 4.74 Å². The largest absolute Gasteiger partial charge is 0.370 e. The van der Waals surface area contributed by atoms with Crippen molar-refractivity contribution in [3.63, 3.8) is 0 Å². The molecule has 18 heavy (non-hydrogen) atoms. The van der Waals surface area contributed by atoms with Gasteiger partial charge in [-0.15, -0.1) is 11.6 Å². The average Bonchev–Trinajstić information content (AvgIpc) is 2.99. The van der Waals surface area contributed by atoms with Crippen molar-refractivity contribution in [3.05, 3.63) is 12.2 Å². The number of rotatable bonds is 3. The Balaban J connectivity index is 1.62. The molecule has 1 atom stereocenters. The number of hydrogen-bond acceptors (Lipinski definition) is 3. The van der Waals surface area contributed by atoms with E-state index in [2.05, 4.69) is 10.1 Å². The second-order valence-electron chi connectivity index (χ2n) is 5.51. The summed E-state index contributed by atoms with van der Waals surface area (Å²) in [6.07, 6.45) is 10.7. The van der Waals surface area contributed by atoms with Crippen LogP contribution < -0.4 is 0 Å².